The fourth-order valence-electron chi connectivity index (χ4n) is 3.34. The fraction of sp³-hybridized carbons (Fsp3) is 0.250. The van der Waals surface area contributed by atoms with E-state index in [1.54, 1.807) is 0 Å². The standard InChI is InChI=1S/C24H22N4O3S2/c1-15-6-2-4-8-19(15)31-13-21(29)26-18-7-3-5-9-20(18)32-14-17-12-22(30)28-24(25-17)33-23(27-28)16-10-11-16/h2-9,12,16H,10-11,13-14H2,1H3,(H,26,29). The number of nitrogens with one attached hydrogen (secondary N) is 1. The fourth-order valence-corrected chi connectivity index (χ4v) is 5.33. The van der Waals surface area contributed by atoms with Crippen LogP contribution in [0.5, 0.6) is 5.75 Å². The van der Waals surface area contributed by atoms with Crippen molar-refractivity contribution < 1.29 is 9.53 Å². The Hall–Kier alpha value is -3.17. The quantitative estimate of drug-likeness (QED) is 0.371. The van der Waals surface area contributed by atoms with Gasteiger partial charge >= 0.3 is 0 Å². The van der Waals surface area contributed by atoms with Crippen LogP contribution in [0, 0.1) is 6.92 Å². The molecule has 1 amide bonds. The number of carbonyl (C=O) groups excluding carboxylic acids is 1. The van der Waals surface area contributed by atoms with Crippen LogP contribution >= 0.6 is 23.1 Å². The van der Waals surface area contributed by atoms with Crippen molar-refractivity contribution in [1.82, 2.24) is 14.6 Å². The van der Waals surface area contributed by atoms with Gasteiger partial charge in [-0.1, -0.05) is 41.7 Å². The minimum absolute atomic E-state index is 0.0758. The number of amides is 1. The number of aromatic nitrogens is 3. The van der Waals surface area contributed by atoms with Crippen LogP contribution in [0.3, 0.4) is 0 Å². The molecular weight excluding hydrogens is 456 g/mol. The van der Waals surface area contributed by atoms with Crippen LogP contribution in [0.4, 0.5) is 5.69 Å². The lowest BCUT2D eigenvalue weighted by Gasteiger charge is -2.12. The monoisotopic (exact) mass is 478 g/mol. The van der Waals surface area contributed by atoms with Crippen LogP contribution in [-0.4, -0.2) is 27.1 Å². The highest BCUT2D eigenvalue weighted by molar-refractivity contribution is 7.98. The zero-order valence-corrected chi connectivity index (χ0v) is 19.6. The second kappa shape index (κ2) is 9.36. The Bertz CT molecular complexity index is 1380. The van der Waals surface area contributed by atoms with Crippen molar-refractivity contribution in [2.24, 2.45) is 0 Å². The molecule has 1 saturated carbocycles. The van der Waals surface area contributed by atoms with E-state index in [1.165, 1.54) is 33.7 Å². The third-order valence-electron chi connectivity index (χ3n) is 5.23. The van der Waals surface area contributed by atoms with Crippen LogP contribution in [0.2, 0.25) is 0 Å². The highest BCUT2D eigenvalue weighted by atomic mass is 32.2. The number of para-hydroxylation sites is 2. The molecule has 9 heteroatoms. The topological polar surface area (TPSA) is 85.6 Å². The minimum atomic E-state index is -0.235. The first-order valence-electron chi connectivity index (χ1n) is 10.7. The van der Waals surface area contributed by atoms with Crippen molar-refractivity contribution in [3.05, 3.63) is 81.2 Å². The molecule has 0 bridgehead atoms. The molecule has 5 rings (SSSR count). The third kappa shape index (κ3) is 5.09. The number of hydrogen-bond donors (Lipinski definition) is 1. The van der Waals surface area contributed by atoms with Crippen LogP contribution in [-0.2, 0) is 10.5 Å². The number of carbonyl (C=O) groups is 1. The van der Waals surface area contributed by atoms with Gasteiger partial charge in [-0.25, -0.2) is 4.98 Å². The molecule has 1 N–H and O–H groups in total. The summed E-state index contributed by atoms with van der Waals surface area (Å²) in [4.78, 5) is 31.1. The Morgan fingerprint density at radius 1 is 1.21 bits per heavy atom. The molecule has 0 saturated heterocycles. The lowest BCUT2D eigenvalue weighted by atomic mass is 10.2. The first-order valence-corrected chi connectivity index (χ1v) is 12.5. The highest BCUT2D eigenvalue weighted by Crippen LogP contribution is 2.41. The predicted molar refractivity (Wildman–Crippen MR) is 130 cm³/mol. The van der Waals surface area contributed by atoms with E-state index in [0.29, 0.717) is 33.8 Å². The van der Waals surface area contributed by atoms with Gasteiger partial charge in [-0.2, -0.15) is 9.61 Å². The molecule has 7 nitrogen and oxygen atoms in total. The summed E-state index contributed by atoms with van der Waals surface area (Å²) in [5, 5.41) is 8.33. The summed E-state index contributed by atoms with van der Waals surface area (Å²) in [5.74, 6) is 1.45. The largest absolute Gasteiger partial charge is 0.483 e. The average molecular weight is 479 g/mol. The van der Waals surface area contributed by atoms with Gasteiger partial charge in [0.1, 0.15) is 10.8 Å². The summed E-state index contributed by atoms with van der Waals surface area (Å²) < 4.78 is 7.04. The van der Waals surface area contributed by atoms with Crippen molar-refractivity contribution in [2.75, 3.05) is 11.9 Å². The molecule has 2 aromatic carbocycles. The van der Waals surface area contributed by atoms with Crippen molar-refractivity contribution >= 4 is 39.7 Å². The summed E-state index contributed by atoms with van der Waals surface area (Å²) in [6, 6.07) is 16.7. The van der Waals surface area contributed by atoms with E-state index in [1.807, 2.05) is 55.5 Å². The second-order valence-electron chi connectivity index (χ2n) is 7.88. The first kappa shape index (κ1) is 21.7. The molecule has 1 fully saturated rings. The number of aryl methyl sites for hydroxylation is 1. The molecular formula is C24H22N4O3S2. The number of hydrogen-bond acceptors (Lipinski definition) is 7. The molecule has 0 radical (unpaired) electrons. The number of fused-ring (bicyclic) bond motifs is 1. The Kier molecular flexibility index (Phi) is 6.15. The number of ether oxygens (including phenoxy) is 1. The molecule has 1 aliphatic rings. The number of rotatable bonds is 8. The predicted octanol–water partition coefficient (Wildman–Crippen LogP) is 4.65. The van der Waals surface area contributed by atoms with E-state index >= 15 is 0 Å². The summed E-state index contributed by atoms with van der Waals surface area (Å²) in [6.45, 7) is 1.86. The molecule has 168 valence electrons. The van der Waals surface area contributed by atoms with Crippen molar-refractivity contribution in [2.45, 2.75) is 36.3 Å². The zero-order valence-electron chi connectivity index (χ0n) is 18.0. The van der Waals surface area contributed by atoms with E-state index in [0.717, 1.165) is 28.3 Å². The molecule has 0 spiro atoms. The maximum absolute atomic E-state index is 12.5. The number of nitrogens with zero attached hydrogens (tertiary/aromatic N) is 3. The van der Waals surface area contributed by atoms with Gasteiger partial charge in [-0.3, -0.25) is 9.59 Å². The first-order chi connectivity index (χ1) is 16.1. The van der Waals surface area contributed by atoms with Crippen molar-refractivity contribution in [3.63, 3.8) is 0 Å². The number of anilines is 1. The Morgan fingerprint density at radius 2 is 2.00 bits per heavy atom. The van der Waals surface area contributed by atoms with E-state index in [-0.39, 0.29) is 18.1 Å². The molecule has 0 aliphatic heterocycles. The van der Waals surface area contributed by atoms with Gasteiger partial charge in [0.05, 0.1) is 11.4 Å². The van der Waals surface area contributed by atoms with E-state index in [9.17, 15) is 9.59 Å². The van der Waals surface area contributed by atoms with Gasteiger partial charge in [0.2, 0.25) is 4.96 Å². The molecule has 1 aliphatic carbocycles. The third-order valence-corrected chi connectivity index (χ3v) is 7.41. The molecule has 2 heterocycles. The van der Waals surface area contributed by atoms with Crippen LogP contribution in [0.25, 0.3) is 4.96 Å². The molecule has 0 atom stereocenters. The number of thioether (sulfide) groups is 1. The van der Waals surface area contributed by atoms with Gasteiger partial charge in [0.25, 0.3) is 11.5 Å². The van der Waals surface area contributed by atoms with Gasteiger partial charge in [0.15, 0.2) is 6.61 Å². The Morgan fingerprint density at radius 3 is 2.82 bits per heavy atom. The van der Waals surface area contributed by atoms with E-state index in [4.69, 9.17) is 4.74 Å². The lowest BCUT2D eigenvalue weighted by Crippen LogP contribution is -2.20. The van der Waals surface area contributed by atoms with Crippen LogP contribution in [0.1, 0.15) is 35.0 Å². The summed E-state index contributed by atoms with van der Waals surface area (Å²) in [5.41, 5.74) is 2.22. The van der Waals surface area contributed by atoms with Crippen molar-refractivity contribution in [1.29, 1.82) is 0 Å². The minimum Gasteiger partial charge on any atom is -0.483 e. The molecule has 2 aromatic heterocycles. The van der Waals surface area contributed by atoms with Gasteiger partial charge < -0.3 is 10.1 Å². The number of benzene rings is 2. The summed E-state index contributed by atoms with van der Waals surface area (Å²) >= 11 is 3.01. The van der Waals surface area contributed by atoms with Gasteiger partial charge in [0, 0.05) is 22.6 Å². The molecule has 33 heavy (non-hydrogen) atoms. The lowest BCUT2D eigenvalue weighted by molar-refractivity contribution is -0.118. The van der Waals surface area contributed by atoms with E-state index < -0.39 is 0 Å². The molecule has 4 aromatic rings. The Labute approximate surface area is 198 Å². The maximum Gasteiger partial charge on any atom is 0.275 e. The summed E-state index contributed by atoms with van der Waals surface area (Å²) in [6.07, 6.45) is 2.27. The zero-order chi connectivity index (χ0) is 22.8. The highest BCUT2D eigenvalue weighted by Gasteiger charge is 2.28. The van der Waals surface area contributed by atoms with Crippen LogP contribution in [0.15, 0.2) is 64.3 Å². The van der Waals surface area contributed by atoms with E-state index in [2.05, 4.69) is 15.4 Å². The smallest absolute Gasteiger partial charge is 0.275 e. The maximum atomic E-state index is 12.5. The van der Waals surface area contributed by atoms with Crippen molar-refractivity contribution in [3.8, 4) is 5.75 Å². The normalized spacial score (nSPS) is 13.2. The van der Waals surface area contributed by atoms with Crippen LogP contribution < -0.4 is 15.6 Å². The SMILES string of the molecule is Cc1ccccc1OCC(=O)Nc1ccccc1SCc1cc(=O)n2nc(C3CC3)sc2n1. The summed E-state index contributed by atoms with van der Waals surface area (Å²) in [7, 11) is 0. The van der Waals surface area contributed by atoms with Gasteiger partial charge in [-0.15, -0.1) is 11.8 Å². The Balaban J connectivity index is 1.25. The van der Waals surface area contributed by atoms with Gasteiger partial charge in [-0.05, 0) is 43.5 Å². The average Bonchev–Trinajstić information content (AvgIpc) is 3.57. The molecule has 0 unspecified atom stereocenters. The second-order valence-corrected chi connectivity index (χ2v) is 9.89.